The lowest BCUT2D eigenvalue weighted by Crippen LogP contribution is -2.49. The molecule has 0 aromatic rings. The molecule has 2 aliphatic heterocycles. The molecule has 2 fully saturated rings. The maximum absolute atomic E-state index is 12.4. The number of sulfonamides is 1. The Morgan fingerprint density at radius 1 is 1.32 bits per heavy atom. The minimum absolute atomic E-state index is 0.261. The number of hydrogen-bond donors (Lipinski definition) is 1. The Morgan fingerprint density at radius 2 is 2.00 bits per heavy atom. The maximum atomic E-state index is 12.4. The molecule has 112 valence electrons. The minimum Gasteiger partial charge on any atom is -0.383 e. The van der Waals surface area contributed by atoms with E-state index in [2.05, 4.69) is 10.2 Å². The van der Waals surface area contributed by atoms with Gasteiger partial charge in [-0.15, -0.1) is 0 Å². The smallest absolute Gasteiger partial charge is 0.219 e. The standard InChI is InChI=1S/C12H25N3O3S/c1-11(10-18-2)19(16,17)15-6-3-12(9-15)14-7-4-13-5-8-14/h11-13H,3-10H2,1-2H3. The third-order valence-corrected chi connectivity index (χ3v) is 6.27. The Bertz CT molecular complexity index is 382. The lowest BCUT2D eigenvalue weighted by Gasteiger charge is -2.32. The number of ether oxygens (including phenoxy) is 1. The number of rotatable bonds is 5. The van der Waals surface area contributed by atoms with Gasteiger partial charge in [-0.2, -0.15) is 4.31 Å². The Labute approximate surface area is 116 Å². The summed E-state index contributed by atoms with van der Waals surface area (Å²) < 4.78 is 31.3. The van der Waals surface area contributed by atoms with Crippen LogP contribution >= 0.6 is 0 Å². The van der Waals surface area contributed by atoms with Crippen LogP contribution in [0.3, 0.4) is 0 Å². The van der Waals surface area contributed by atoms with Gasteiger partial charge in [0.1, 0.15) is 0 Å². The highest BCUT2D eigenvalue weighted by atomic mass is 32.2. The molecular weight excluding hydrogens is 266 g/mol. The first kappa shape index (κ1) is 15.2. The molecule has 0 saturated carbocycles. The van der Waals surface area contributed by atoms with E-state index in [4.69, 9.17) is 4.74 Å². The van der Waals surface area contributed by atoms with Crippen LogP contribution in [0.2, 0.25) is 0 Å². The average Bonchev–Trinajstić information content (AvgIpc) is 2.90. The van der Waals surface area contributed by atoms with Crippen LogP contribution in [-0.4, -0.2) is 81.9 Å². The molecule has 0 radical (unpaired) electrons. The summed E-state index contributed by atoms with van der Waals surface area (Å²) in [6.45, 7) is 7.31. The molecule has 2 unspecified atom stereocenters. The molecule has 0 bridgehead atoms. The maximum Gasteiger partial charge on any atom is 0.219 e. The quantitative estimate of drug-likeness (QED) is 0.728. The second-order valence-corrected chi connectivity index (χ2v) is 7.75. The molecule has 2 rings (SSSR count). The van der Waals surface area contributed by atoms with Crippen molar-refractivity contribution in [1.29, 1.82) is 0 Å². The van der Waals surface area contributed by atoms with E-state index in [0.717, 1.165) is 32.6 Å². The Hall–Kier alpha value is -0.210. The van der Waals surface area contributed by atoms with Gasteiger partial charge in [-0.25, -0.2) is 8.42 Å². The highest BCUT2D eigenvalue weighted by molar-refractivity contribution is 7.89. The van der Waals surface area contributed by atoms with Crippen molar-refractivity contribution in [3.63, 3.8) is 0 Å². The fourth-order valence-corrected chi connectivity index (χ4v) is 4.42. The van der Waals surface area contributed by atoms with Crippen molar-refractivity contribution in [2.75, 3.05) is 53.0 Å². The van der Waals surface area contributed by atoms with Gasteiger partial charge in [0.2, 0.25) is 10.0 Å². The van der Waals surface area contributed by atoms with E-state index < -0.39 is 15.3 Å². The molecule has 1 N–H and O–H groups in total. The summed E-state index contributed by atoms with van der Waals surface area (Å²) in [6, 6.07) is 0.381. The zero-order chi connectivity index (χ0) is 13.9. The summed E-state index contributed by atoms with van der Waals surface area (Å²) >= 11 is 0. The van der Waals surface area contributed by atoms with Gasteiger partial charge in [-0.05, 0) is 13.3 Å². The van der Waals surface area contributed by atoms with Crippen molar-refractivity contribution in [3.05, 3.63) is 0 Å². The fourth-order valence-electron chi connectivity index (χ4n) is 2.86. The molecule has 2 aliphatic rings. The fraction of sp³-hybridized carbons (Fsp3) is 1.00. The van der Waals surface area contributed by atoms with Crippen molar-refractivity contribution >= 4 is 10.0 Å². The zero-order valence-electron chi connectivity index (χ0n) is 11.8. The van der Waals surface area contributed by atoms with Crippen LogP contribution < -0.4 is 5.32 Å². The van der Waals surface area contributed by atoms with Crippen LogP contribution in [0.15, 0.2) is 0 Å². The predicted molar refractivity (Wildman–Crippen MR) is 74.7 cm³/mol. The second kappa shape index (κ2) is 6.49. The van der Waals surface area contributed by atoms with Gasteiger partial charge in [-0.3, -0.25) is 4.90 Å². The van der Waals surface area contributed by atoms with Gasteiger partial charge in [0, 0.05) is 52.4 Å². The van der Waals surface area contributed by atoms with Crippen molar-refractivity contribution in [2.24, 2.45) is 0 Å². The molecule has 0 amide bonds. The van der Waals surface area contributed by atoms with E-state index in [-0.39, 0.29) is 6.61 Å². The number of piperazine rings is 1. The summed E-state index contributed by atoms with van der Waals surface area (Å²) in [7, 11) is -1.67. The van der Waals surface area contributed by atoms with Gasteiger partial charge in [0.15, 0.2) is 0 Å². The highest BCUT2D eigenvalue weighted by Gasteiger charge is 2.37. The highest BCUT2D eigenvalue weighted by Crippen LogP contribution is 2.21. The van der Waals surface area contributed by atoms with Crippen LogP contribution in [0.1, 0.15) is 13.3 Å². The van der Waals surface area contributed by atoms with Crippen molar-refractivity contribution in [2.45, 2.75) is 24.6 Å². The van der Waals surface area contributed by atoms with Gasteiger partial charge < -0.3 is 10.1 Å². The van der Waals surface area contributed by atoms with Crippen LogP contribution in [0, 0.1) is 0 Å². The van der Waals surface area contributed by atoms with E-state index in [0.29, 0.717) is 19.1 Å². The SMILES string of the molecule is COCC(C)S(=O)(=O)N1CCC(N2CCNCC2)C1. The number of methoxy groups -OCH3 is 1. The average molecular weight is 291 g/mol. The monoisotopic (exact) mass is 291 g/mol. The molecule has 6 nitrogen and oxygen atoms in total. The molecular formula is C12H25N3O3S. The molecule has 0 aromatic carbocycles. The first-order valence-electron chi connectivity index (χ1n) is 6.98. The number of nitrogens with zero attached hydrogens (tertiary/aromatic N) is 2. The largest absolute Gasteiger partial charge is 0.383 e. The molecule has 2 heterocycles. The van der Waals surface area contributed by atoms with Gasteiger partial charge in [0.25, 0.3) is 0 Å². The topological polar surface area (TPSA) is 61.9 Å². The summed E-state index contributed by atoms with van der Waals surface area (Å²) in [5, 5.41) is 2.87. The van der Waals surface area contributed by atoms with E-state index >= 15 is 0 Å². The molecule has 0 aliphatic carbocycles. The second-order valence-electron chi connectivity index (χ2n) is 5.40. The van der Waals surface area contributed by atoms with Crippen molar-refractivity contribution in [3.8, 4) is 0 Å². The van der Waals surface area contributed by atoms with Crippen LogP contribution in [0.25, 0.3) is 0 Å². The Kier molecular flexibility index (Phi) is 5.19. The summed E-state index contributed by atoms with van der Waals surface area (Å²) in [5.74, 6) is 0. The van der Waals surface area contributed by atoms with Crippen LogP contribution in [0.5, 0.6) is 0 Å². The normalized spacial score (nSPS) is 28.6. The van der Waals surface area contributed by atoms with Crippen LogP contribution in [0.4, 0.5) is 0 Å². The third-order valence-electron chi connectivity index (χ3n) is 4.06. The molecule has 7 heteroatoms. The Balaban J connectivity index is 1.93. The van der Waals surface area contributed by atoms with E-state index in [1.165, 1.54) is 0 Å². The Morgan fingerprint density at radius 3 is 2.63 bits per heavy atom. The summed E-state index contributed by atoms with van der Waals surface area (Å²) in [5.41, 5.74) is 0. The van der Waals surface area contributed by atoms with E-state index in [9.17, 15) is 8.42 Å². The lowest BCUT2D eigenvalue weighted by atomic mass is 10.2. The van der Waals surface area contributed by atoms with Gasteiger partial charge in [-0.1, -0.05) is 0 Å². The molecule has 2 saturated heterocycles. The van der Waals surface area contributed by atoms with E-state index in [1.54, 1.807) is 18.3 Å². The van der Waals surface area contributed by atoms with E-state index in [1.807, 2.05) is 0 Å². The lowest BCUT2D eigenvalue weighted by molar-refractivity contribution is 0.178. The predicted octanol–water partition coefficient (Wildman–Crippen LogP) is -0.669. The molecule has 0 aromatic heterocycles. The number of nitrogens with one attached hydrogen (secondary N) is 1. The first-order valence-corrected chi connectivity index (χ1v) is 8.48. The molecule has 19 heavy (non-hydrogen) atoms. The summed E-state index contributed by atoms with van der Waals surface area (Å²) in [4.78, 5) is 2.41. The van der Waals surface area contributed by atoms with Crippen molar-refractivity contribution < 1.29 is 13.2 Å². The number of hydrogen-bond acceptors (Lipinski definition) is 5. The zero-order valence-corrected chi connectivity index (χ0v) is 12.7. The first-order chi connectivity index (χ1) is 9.05. The molecule has 2 atom stereocenters. The molecule has 0 spiro atoms. The van der Waals surface area contributed by atoms with Crippen molar-refractivity contribution in [1.82, 2.24) is 14.5 Å². The van der Waals surface area contributed by atoms with Gasteiger partial charge >= 0.3 is 0 Å². The minimum atomic E-state index is -3.21. The third kappa shape index (κ3) is 3.46. The van der Waals surface area contributed by atoms with Gasteiger partial charge in [0.05, 0.1) is 11.9 Å². The summed E-state index contributed by atoms with van der Waals surface area (Å²) in [6.07, 6.45) is 0.943. The van der Waals surface area contributed by atoms with Crippen LogP contribution in [-0.2, 0) is 14.8 Å².